The van der Waals surface area contributed by atoms with Crippen LogP contribution in [0.5, 0.6) is 11.5 Å². The number of ether oxygens (including phenoxy) is 2. The number of methoxy groups -OCH3 is 1. The summed E-state index contributed by atoms with van der Waals surface area (Å²) in [6.45, 7) is 0.420. The Balaban J connectivity index is 1.93. The maximum atomic E-state index is 8.87. The molecule has 1 aromatic heterocycles. The smallest absolute Gasteiger partial charge is 0.138 e. The van der Waals surface area contributed by atoms with Gasteiger partial charge in [-0.3, -0.25) is 4.98 Å². The SMILES string of the molecule is COc1ccc(COc2ccc(CO)nc2)cc1. The molecule has 0 spiro atoms. The maximum Gasteiger partial charge on any atom is 0.138 e. The molecule has 0 atom stereocenters. The van der Waals surface area contributed by atoms with Crippen molar-refractivity contribution in [3.63, 3.8) is 0 Å². The molecule has 0 saturated carbocycles. The maximum absolute atomic E-state index is 8.87. The number of hydrogen-bond acceptors (Lipinski definition) is 4. The predicted molar refractivity (Wildman–Crippen MR) is 67.5 cm³/mol. The van der Waals surface area contributed by atoms with Gasteiger partial charge in [-0.15, -0.1) is 0 Å². The zero-order valence-corrected chi connectivity index (χ0v) is 10.2. The molecule has 0 aliphatic carbocycles. The summed E-state index contributed by atoms with van der Waals surface area (Å²) in [4.78, 5) is 4.04. The number of aromatic nitrogens is 1. The van der Waals surface area contributed by atoms with Crippen LogP contribution >= 0.6 is 0 Å². The highest BCUT2D eigenvalue weighted by Gasteiger charge is 1.98. The summed E-state index contributed by atoms with van der Waals surface area (Å²) in [6.07, 6.45) is 1.61. The largest absolute Gasteiger partial charge is 0.497 e. The van der Waals surface area contributed by atoms with Crippen LogP contribution in [0, 0.1) is 0 Å². The molecule has 0 amide bonds. The third-order valence-corrected chi connectivity index (χ3v) is 2.52. The Kier molecular flexibility index (Phi) is 4.15. The van der Waals surface area contributed by atoms with Crippen LogP contribution in [0.15, 0.2) is 42.6 Å². The summed E-state index contributed by atoms with van der Waals surface area (Å²) in [5, 5.41) is 8.87. The standard InChI is InChI=1S/C14H15NO3/c1-17-13-5-2-11(3-6-13)10-18-14-7-4-12(9-16)15-8-14/h2-8,16H,9-10H2,1H3. The van der Waals surface area contributed by atoms with E-state index in [1.165, 1.54) is 0 Å². The van der Waals surface area contributed by atoms with Crippen LogP contribution in [-0.4, -0.2) is 17.2 Å². The fourth-order valence-corrected chi connectivity index (χ4v) is 1.48. The first-order valence-corrected chi connectivity index (χ1v) is 5.63. The second-order valence-corrected chi connectivity index (χ2v) is 3.78. The van der Waals surface area contributed by atoms with E-state index in [1.807, 2.05) is 24.3 Å². The number of aliphatic hydroxyl groups is 1. The van der Waals surface area contributed by atoms with Gasteiger partial charge < -0.3 is 14.6 Å². The number of pyridine rings is 1. The van der Waals surface area contributed by atoms with Gasteiger partial charge in [-0.05, 0) is 29.8 Å². The normalized spacial score (nSPS) is 10.1. The summed E-state index contributed by atoms with van der Waals surface area (Å²) in [6, 6.07) is 11.2. The first kappa shape index (κ1) is 12.4. The van der Waals surface area contributed by atoms with Crippen molar-refractivity contribution >= 4 is 0 Å². The van der Waals surface area contributed by atoms with E-state index in [2.05, 4.69) is 4.98 Å². The lowest BCUT2D eigenvalue weighted by molar-refractivity contribution is 0.275. The molecule has 4 heteroatoms. The Morgan fingerprint density at radius 2 is 1.78 bits per heavy atom. The Morgan fingerprint density at radius 3 is 2.33 bits per heavy atom. The van der Waals surface area contributed by atoms with Crippen molar-refractivity contribution in [2.24, 2.45) is 0 Å². The molecular weight excluding hydrogens is 230 g/mol. The van der Waals surface area contributed by atoms with Gasteiger partial charge in [0.2, 0.25) is 0 Å². The Labute approximate surface area is 106 Å². The van der Waals surface area contributed by atoms with E-state index >= 15 is 0 Å². The van der Waals surface area contributed by atoms with Crippen molar-refractivity contribution in [2.75, 3.05) is 7.11 Å². The molecule has 2 rings (SSSR count). The van der Waals surface area contributed by atoms with Gasteiger partial charge in [0.1, 0.15) is 18.1 Å². The summed E-state index contributed by atoms with van der Waals surface area (Å²) in [7, 11) is 1.64. The van der Waals surface area contributed by atoms with Crippen LogP contribution in [0.4, 0.5) is 0 Å². The molecule has 0 aliphatic rings. The Bertz CT molecular complexity index is 432. The molecule has 0 saturated heterocycles. The third kappa shape index (κ3) is 3.21. The highest BCUT2D eigenvalue weighted by molar-refractivity contribution is 5.27. The monoisotopic (exact) mass is 245 g/mol. The van der Waals surface area contributed by atoms with Crippen LogP contribution in [0.1, 0.15) is 11.3 Å². The highest BCUT2D eigenvalue weighted by atomic mass is 16.5. The predicted octanol–water partition coefficient (Wildman–Crippen LogP) is 2.16. The summed E-state index contributed by atoms with van der Waals surface area (Å²) >= 11 is 0. The van der Waals surface area contributed by atoms with E-state index in [-0.39, 0.29) is 6.61 Å². The number of nitrogens with zero attached hydrogens (tertiary/aromatic N) is 1. The van der Waals surface area contributed by atoms with Crippen LogP contribution in [0.3, 0.4) is 0 Å². The van der Waals surface area contributed by atoms with Crippen molar-refractivity contribution in [2.45, 2.75) is 13.2 Å². The lowest BCUT2D eigenvalue weighted by Gasteiger charge is -2.07. The Hall–Kier alpha value is -2.07. The molecule has 1 N–H and O–H groups in total. The summed E-state index contributed by atoms with van der Waals surface area (Å²) in [5.41, 5.74) is 1.69. The minimum atomic E-state index is -0.0568. The van der Waals surface area contributed by atoms with Crippen molar-refractivity contribution in [3.8, 4) is 11.5 Å². The average Bonchev–Trinajstić information content (AvgIpc) is 2.46. The molecule has 1 aromatic carbocycles. The molecule has 2 aromatic rings. The molecule has 0 radical (unpaired) electrons. The summed E-state index contributed by atoms with van der Waals surface area (Å²) < 4.78 is 10.7. The molecule has 0 bridgehead atoms. The highest BCUT2D eigenvalue weighted by Crippen LogP contribution is 2.15. The van der Waals surface area contributed by atoms with Crippen molar-refractivity contribution in [1.82, 2.24) is 4.98 Å². The average molecular weight is 245 g/mol. The number of aliphatic hydroxyl groups excluding tert-OH is 1. The molecular formula is C14H15NO3. The van der Waals surface area contributed by atoms with E-state index in [0.717, 1.165) is 11.3 Å². The number of rotatable bonds is 5. The van der Waals surface area contributed by atoms with Gasteiger partial charge in [-0.25, -0.2) is 0 Å². The number of benzene rings is 1. The zero-order valence-electron chi connectivity index (χ0n) is 10.2. The first-order valence-electron chi connectivity index (χ1n) is 5.63. The van der Waals surface area contributed by atoms with E-state index < -0.39 is 0 Å². The fourth-order valence-electron chi connectivity index (χ4n) is 1.48. The minimum Gasteiger partial charge on any atom is -0.497 e. The van der Waals surface area contributed by atoms with Crippen molar-refractivity contribution < 1.29 is 14.6 Å². The van der Waals surface area contributed by atoms with Gasteiger partial charge in [-0.2, -0.15) is 0 Å². The summed E-state index contributed by atoms with van der Waals surface area (Å²) in [5.74, 6) is 1.51. The van der Waals surface area contributed by atoms with Crippen LogP contribution < -0.4 is 9.47 Å². The van der Waals surface area contributed by atoms with Gasteiger partial charge in [0.05, 0.1) is 25.6 Å². The molecule has 94 valence electrons. The second-order valence-electron chi connectivity index (χ2n) is 3.78. The lowest BCUT2D eigenvalue weighted by Crippen LogP contribution is -1.97. The van der Waals surface area contributed by atoms with Gasteiger partial charge in [0, 0.05) is 0 Å². The van der Waals surface area contributed by atoms with E-state index in [1.54, 1.807) is 25.4 Å². The van der Waals surface area contributed by atoms with Gasteiger partial charge in [-0.1, -0.05) is 12.1 Å². The second kappa shape index (κ2) is 6.02. The number of hydrogen-bond donors (Lipinski definition) is 1. The third-order valence-electron chi connectivity index (χ3n) is 2.52. The fraction of sp³-hybridized carbons (Fsp3) is 0.214. The quantitative estimate of drug-likeness (QED) is 0.877. The van der Waals surface area contributed by atoms with Crippen LogP contribution in [0.2, 0.25) is 0 Å². The lowest BCUT2D eigenvalue weighted by atomic mass is 10.2. The van der Waals surface area contributed by atoms with Crippen molar-refractivity contribution in [1.29, 1.82) is 0 Å². The molecule has 4 nitrogen and oxygen atoms in total. The molecule has 1 heterocycles. The Morgan fingerprint density at radius 1 is 1.06 bits per heavy atom. The minimum absolute atomic E-state index is 0.0568. The van der Waals surface area contributed by atoms with Gasteiger partial charge in [0.25, 0.3) is 0 Å². The van der Waals surface area contributed by atoms with Crippen molar-refractivity contribution in [3.05, 3.63) is 53.9 Å². The topological polar surface area (TPSA) is 51.6 Å². The van der Waals surface area contributed by atoms with E-state index in [0.29, 0.717) is 18.1 Å². The van der Waals surface area contributed by atoms with Gasteiger partial charge >= 0.3 is 0 Å². The van der Waals surface area contributed by atoms with Crippen LogP contribution in [0.25, 0.3) is 0 Å². The van der Waals surface area contributed by atoms with Crippen LogP contribution in [-0.2, 0) is 13.2 Å². The van der Waals surface area contributed by atoms with E-state index in [4.69, 9.17) is 14.6 Å². The zero-order chi connectivity index (χ0) is 12.8. The van der Waals surface area contributed by atoms with Gasteiger partial charge in [0.15, 0.2) is 0 Å². The molecule has 0 unspecified atom stereocenters. The van der Waals surface area contributed by atoms with E-state index in [9.17, 15) is 0 Å². The molecule has 18 heavy (non-hydrogen) atoms. The first-order chi connectivity index (χ1) is 8.81. The molecule has 0 fully saturated rings. The molecule has 0 aliphatic heterocycles.